The number of anilines is 3. The number of aryl methyl sites for hydroxylation is 2. The third-order valence-corrected chi connectivity index (χ3v) is 8.57. The molecule has 6 rings (SSSR count). The Labute approximate surface area is 219 Å². The number of nitrogens with zero attached hydrogens (tertiary/aromatic N) is 2. The van der Waals surface area contributed by atoms with Gasteiger partial charge in [0.2, 0.25) is 5.91 Å². The standard InChI is InChI=1S/C30H34BN3O3/c1-29(2)30(3,4)37-31(36-29)24-15-16-25-26(18-24)34(19-23-10-7-17-32-27(23)33-25)28(35)22-13-11-20-8-5-6-9-21(20)12-14-22/h5-10,15-18,22H,11-14,19H2,1-4H3,(H,32,33). The molecule has 2 aromatic carbocycles. The molecule has 0 bridgehead atoms. The predicted molar refractivity (Wildman–Crippen MR) is 147 cm³/mol. The number of hydrogen-bond donors (Lipinski definition) is 1. The highest BCUT2D eigenvalue weighted by atomic mass is 16.7. The first-order chi connectivity index (χ1) is 17.7. The van der Waals surface area contributed by atoms with Gasteiger partial charge in [0, 0.05) is 17.7 Å². The second-order valence-electron chi connectivity index (χ2n) is 11.5. The van der Waals surface area contributed by atoms with Crippen molar-refractivity contribution in [2.75, 3.05) is 10.2 Å². The maximum absolute atomic E-state index is 14.2. The SMILES string of the molecule is CC1(C)OB(c2ccc3c(c2)N(C(=O)C2CCc4ccccc4CC2)Cc2cccnc2N3)OC1(C)C. The number of amides is 1. The number of hydrogen-bond acceptors (Lipinski definition) is 5. The van der Waals surface area contributed by atoms with Crippen LogP contribution in [0.25, 0.3) is 0 Å². The first kappa shape index (κ1) is 24.2. The summed E-state index contributed by atoms with van der Waals surface area (Å²) in [5.41, 5.74) is 5.48. The van der Waals surface area contributed by atoms with Crippen molar-refractivity contribution in [3.05, 3.63) is 77.5 Å². The van der Waals surface area contributed by atoms with Crippen molar-refractivity contribution in [1.82, 2.24) is 4.98 Å². The van der Waals surface area contributed by atoms with Crippen LogP contribution in [-0.2, 0) is 33.5 Å². The molecule has 37 heavy (non-hydrogen) atoms. The Bertz CT molecular complexity index is 1310. The second-order valence-corrected chi connectivity index (χ2v) is 11.5. The molecule has 0 spiro atoms. The quantitative estimate of drug-likeness (QED) is 0.393. The number of nitrogens with one attached hydrogen (secondary N) is 1. The molecule has 0 radical (unpaired) electrons. The number of pyridine rings is 1. The first-order valence-corrected chi connectivity index (χ1v) is 13.3. The zero-order valence-corrected chi connectivity index (χ0v) is 22.1. The van der Waals surface area contributed by atoms with Crippen molar-refractivity contribution in [3.63, 3.8) is 0 Å². The van der Waals surface area contributed by atoms with Gasteiger partial charge in [-0.1, -0.05) is 36.4 Å². The summed E-state index contributed by atoms with van der Waals surface area (Å²) in [6.45, 7) is 8.69. The van der Waals surface area contributed by atoms with Gasteiger partial charge >= 0.3 is 7.12 Å². The van der Waals surface area contributed by atoms with Gasteiger partial charge in [-0.2, -0.15) is 0 Å². The zero-order chi connectivity index (χ0) is 25.8. The van der Waals surface area contributed by atoms with Crippen molar-refractivity contribution < 1.29 is 14.1 Å². The second kappa shape index (κ2) is 9.00. The van der Waals surface area contributed by atoms with Gasteiger partial charge in [0.05, 0.1) is 29.1 Å². The van der Waals surface area contributed by atoms with Crippen LogP contribution in [0.3, 0.4) is 0 Å². The van der Waals surface area contributed by atoms with Gasteiger partial charge in [-0.25, -0.2) is 4.98 Å². The number of carbonyl (C=O) groups is 1. The van der Waals surface area contributed by atoms with E-state index in [2.05, 4.69) is 68.3 Å². The Kier molecular flexibility index (Phi) is 5.88. The van der Waals surface area contributed by atoms with Crippen molar-refractivity contribution in [1.29, 1.82) is 0 Å². The summed E-state index contributed by atoms with van der Waals surface area (Å²) in [5, 5.41) is 3.48. The predicted octanol–water partition coefficient (Wildman–Crippen LogP) is 5.17. The van der Waals surface area contributed by atoms with Gasteiger partial charge in [0.15, 0.2) is 0 Å². The fraction of sp³-hybridized carbons (Fsp3) is 0.400. The van der Waals surface area contributed by atoms with E-state index in [1.807, 2.05) is 29.2 Å². The molecule has 1 fully saturated rings. The molecule has 6 nitrogen and oxygen atoms in total. The summed E-state index contributed by atoms with van der Waals surface area (Å²) in [7, 11) is -0.497. The van der Waals surface area contributed by atoms with Crippen molar-refractivity contribution in [3.8, 4) is 0 Å². The van der Waals surface area contributed by atoms with Crippen LogP contribution in [0.2, 0.25) is 0 Å². The van der Waals surface area contributed by atoms with E-state index in [0.29, 0.717) is 6.54 Å². The molecular weight excluding hydrogens is 461 g/mol. The summed E-state index contributed by atoms with van der Waals surface area (Å²) in [5.74, 6) is 0.910. The van der Waals surface area contributed by atoms with Crippen LogP contribution in [0.15, 0.2) is 60.8 Å². The minimum atomic E-state index is -0.497. The Morgan fingerprint density at radius 2 is 1.59 bits per heavy atom. The molecule has 0 unspecified atom stereocenters. The lowest BCUT2D eigenvalue weighted by molar-refractivity contribution is -0.122. The molecule has 2 aliphatic heterocycles. The maximum Gasteiger partial charge on any atom is 0.494 e. The average molecular weight is 495 g/mol. The molecule has 0 saturated carbocycles. The Balaban J connectivity index is 1.36. The monoisotopic (exact) mass is 495 g/mol. The molecule has 0 atom stereocenters. The van der Waals surface area contributed by atoms with Gasteiger partial charge in [-0.3, -0.25) is 4.79 Å². The molecule has 7 heteroatoms. The van der Waals surface area contributed by atoms with Gasteiger partial charge in [0.25, 0.3) is 0 Å². The van der Waals surface area contributed by atoms with Gasteiger partial charge in [-0.15, -0.1) is 0 Å². The van der Waals surface area contributed by atoms with Crippen molar-refractivity contribution in [2.24, 2.45) is 5.92 Å². The van der Waals surface area contributed by atoms with Crippen LogP contribution >= 0.6 is 0 Å². The molecule has 1 saturated heterocycles. The third-order valence-electron chi connectivity index (χ3n) is 8.57. The molecule has 3 aliphatic rings. The van der Waals surface area contributed by atoms with E-state index in [1.54, 1.807) is 6.20 Å². The number of fused-ring (bicyclic) bond motifs is 3. The largest absolute Gasteiger partial charge is 0.494 e. The van der Waals surface area contributed by atoms with Crippen LogP contribution in [-0.4, -0.2) is 29.2 Å². The summed E-state index contributed by atoms with van der Waals surface area (Å²) >= 11 is 0. The van der Waals surface area contributed by atoms with Gasteiger partial charge in [-0.05, 0) is 88.2 Å². The van der Waals surface area contributed by atoms with E-state index in [0.717, 1.165) is 53.9 Å². The lowest BCUT2D eigenvalue weighted by Crippen LogP contribution is -2.41. The zero-order valence-electron chi connectivity index (χ0n) is 22.1. The molecule has 190 valence electrons. The van der Waals surface area contributed by atoms with Crippen molar-refractivity contribution in [2.45, 2.75) is 71.1 Å². The van der Waals surface area contributed by atoms with E-state index in [1.165, 1.54) is 11.1 Å². The molecule has 1 amide bonds. The third kappa shape index (κ3) is 4.34. The lowest BCUT2D eigenvalue weighted by atomic mass is 9.78. The lowest BCUT2D eigenvalue weighted by Gasteiger charge is -2.32. The number of rotatable bonds is 2. The topological polar surface area (TPSA) is 63.7 Å². The highest BCUT2D eigenvalue weighted by molar-refractivity contribution is 6.62. The summed E-state index contributed by atoms with van der Waals surface area (Å²) in [6.07, 6.45) is 5.34. The minimum absolute atomic E-state index is 0.0426. The van der Waals surface area contributed by atoms with Crippen LogP contribution in [0.5, 0.6) is 0 Å². The fourth-order valence-corrected chi connectivity index (χ4v) is 5.58. The molecule has 1 N–H and O–H groups in total. The van der Waals surface area contributed by atoms with E-state index < -0.39 is 18.3 Å². The molecule has 3 heterocycles. The minimum Gasteiger partial charge on any atom is -0.399 e. The Hall–Kier alpha value is -3.16. The van der Waals surface area contributed by atoms with Crippen LogP contribution in [0.4, 0.5) is 17.2 Å². The van der Waals surface area contributed by atoms with E-state index in [9.17, 15) is 4.79 Å². The molecule has 1 aromatic heterocycles. The number of benzene rings is 2. The van der Waals surface area contributed by atoms with Crippen LogP contribution < -0.4 is 15.7 Å². The van der Waals surface area contributed by atoms with E-state index in [-0.39, 0.29) is 11.8 Å². The Morgan fingerprint density at radius 3 is 2.27 bits per heavy atom. The molecule has 3 aromatic rings. The van der Waals surface area contributed by atoms with E-state index in [4.69, 9.17) is 9.31 Å². The van der Waals surface area contributed by atoms with Gasteiger partial charge in [0.1, 0.15) is 5.82 Å². The highest BCUT2D eigenvalue weighted by Crippen LogP contribution is 2.39. The Morgan fingerprint density at radius 1 is 0.946 bits per heavy atom. The summed E-state index contributed by atoms with van der Waals surface area (Å²) in [6, 6.07) is 18.7. The number of aromatic nitrogens is 1. The fourth-order valence-electron chi connectivity index (χ4n) is 5.58. The molecule has 1 aliphatic carbocycles. The normalized spacial score (nSPS) is 20.2. The average Bonchev–Trinajstić information content (AvgIpc) is 3.06. The summed E-state index contributed by atoms with van der Waals surface area (Å²) < 4.78 is 12.7. The molecular formula is C30H34BN3O3. The van der Waals surface area contributed by atoms with Gasteiger partial charge < -0.3 is 19.5 Å². The number of carbonyl (C=O) groups excluding carboxylic acids is 1. The highest BCUT2D eigenvalue weighted by Gasteiger charge is 2.52. The smallest absolute Gasteiger partial charge is 0.399 e. The van der Waals surface area contributed by atoms with Crippen LogP contribution in [0.1, 0.15) is 57.2 Å². The maximum atomic E-state index is 14.2. The van der Waals surface area contributed by atoms with Crippen LogP contribution in [0, 0.1) is 5.92 Å². The first-order valence-electron chi connectivity index (χ1n) is 13.3. The summed E-state index contributed by atoms with van der Waals surface area (Å²) in [4.78, 5) is 20.8. The van der Waals surface area contributed by atoms with Crippen molar-refractivity contribution >= 4 is 35.7 Å². The van der Waals surface area contributed by atoms with E-state index >= 15 is 0 Å².